The lowest BCUT2D eigenvalue weighted by atomic mass is 9.75. The number of rotatable bonds is 8. The Balaban J connectivity index is 0.000000280. The van der Waals surface area contributed by atoms with E-state index in [4.69, 9.17) is 5.11 Å². The van der Waals surface area contributed by atoms with Crippen LogP contribution in [0.25, 0.3) is 0 Å². The molecular weight excluding hydrogens is 344 g/mol. The Morgan fingerprint density at radius 2 is 1.39 bits per heavy atom. The first-order chi connectivity index (χ1) is 13.0. The lowest BCUT2D eigenvalue weighted by molar-refractivity contribution is -0.110. The van der Waals surface area contributed by atoms with Gasteiger partial charge in [-0.15, -0.1) is 0 Å². The van der Waals surface area contributed by atoms with Crippen LogP contribution < -0.4 is 0 Å². The maximum absolute atomic E-state index is 10.5. The number of aliphatic hydroxyl groups is 1. The molecule has 1 N–H and O–H groups in total. The van der Waals surface area contributed by atoms with Crippen LogP contribution in [0.4, 0.5) is 0 Å². The van der Waals surface area contributed by atoms with Gasteiger partial charge in [-0.3, -0.25) is 0 Å². The number of aliphatic hydroxyl groups excluding tert-OH is 1. The average Bonchev–Trinajstić information content (AvgIpc) is 3.06. The number of carbonyl (C=O) groups excluding carboxylic acids is 1. The fraction of sp³-hybridized carbons (Fsp3) is 0.808. The highest BCUT2D eigenvalue weighted by Crippen LogP contribution is 2.46. The van der Waals surface area contributed by atoms with E-state index >= 15 is 0 Å². The summed E-state index contributed by atoms with van der Waals surface area (Å²) in [6.07, 6.45) is 12.9. The topological polar surface area (TPSA) is 37.3 Å². The molecule has 0 bridgehead atoms. The minimum Gasteiger partial charge on any atom is -0.396 e. The zero-order valence-corrected chi connectivity index (χ0v) is 19.8. The van der Waals surface area contributed by atoms with Crippen molar-refractivity contribution in [1.29, 1.82) is 0 Å². The fourth-order valence-electron chi connectivity index (χ4n) is 4.46. The van der Waals surface area contributed by atoms with Crippen molar-refractivity contribution < 1.29 is 9.90 Å². The maximum Gasteiger partial charge on any atom is 0.122 e. The summed E-state index contributed by atoms with van der Waals surface area (Å²) in [4.78, 5) is 10.5. The van der Waals surface area contributed by atoms with E-state index in [0.29, 0.717) is 23.4 Å². The predicted molar refractivity (Wildman–Crippen MR) is 121 cm³/mol. The van der Waals surface area contributed by atoms with Gasteiger partial charge < -0.3 is 9.90 Å². The van der Waals surface area contributed by atoms with Gasteiger partial charge in [-0.1, -0.05) is 64.8 Å². The second-order valence-electron chi connectivity index (χ2n) is 10.6. The quantitative estimate of drug-likeness (QED) is 0.358. The first-order valence-electron chi connectivity index (χ1n) is 11.4. The molecule has 0 aromatic rings. The molecule has 2 unspecified atom stereocenters. The molecule has 162 valence electrons. The lowest BCUT2D eigenvalue weighted by Gasteiger charge is -2.30. The Morgan fingerprint density at radius 3 is 1.71 bits per heavy atom. The Kier molecular flexibility index (Phi) is 9.67. The van der Waals surface area contributed by atoms with Crippen LogP contribution in [0.15, 0.2) is 23.3 Å². The monoisotopic (exact) mass is 390 g/mol. The molecule has 0 amide bonds. The smallest absolute Gasteiger partial charge is 0.122 e. The highest BCUT2D eigenvalue weighted by Gasteiger charge is 2.35. The Morgan fingerprint density at radius 1 is 0.964 bits per heavy atom. The van der Waals surface area contributed by atoms with Gasteiger partial charge in [0.15, 0.2) is 0 Å². The summed E-state index contributed by atoms with van der Waals surface area (Å²) in [7, 11) is 0. The van der Waals surface area contributed by atoms with E-state index in [0.717, 1.165) is 31.0 Å². The minimum absolute atomic E-state index is 0.228. The summed E-state index contributed by atoms with van der Waals surface area (Å²) in [5.74, 6) is 2.22. The van der Waals surface area contributed by atoms with E-state index in [9.17, 15) is 4.79 Å². The molecule has 2 rings (SSSR count). The van der Waals surface area contributed by atoms with Crippen LogP contribution in [0.5, 0.6) is 0 Å². The third-order valence-corrected chi connectivity index (χ3v) is 8.01. The van der Waals surface area contributed by atoms with Gasteiger partial charge in [-0.05, 0) is 81.0 Å². The molecule has 0 aromatic heterocycles. The lowest BCUT2D eigenvalue weighted by Crippen LogP contribution is -2.21. The molecule has 2 nitrogen and oxygen atoms in total. The number of hydrogen-bond donors (Lipinski definition) is 1. The Hall–Kier alpha value is -0.890. The second kappa shape index (κ2) is 10.8. The number of allylic oxidation sites excluding steroid dienone is 4. The molecule has 0 aromatic carbocycles. The van der Waals surface area contributed by atoms with Crippen molar-refractivity contribution in [3.05, 3.63) is 23.3 Å². The summed E-state index contributed by atoms with van der Waals surface area (Å²) in [5.41, 5.74) is 3.79. The van der Waals surface area contributed by atoms with Crippen molar-refractivity contribution in [2.24, 2.45) is 34.5 Å². The number of hydrogen-bond acceptors (Lipinski definition) is 2. The fourth-order valence-corrected chi connectivity index (χ4v) is 4.46. The molecule has 2 heteroatoms. The molecule has 0 aliphatic heterocycles. The van der Waals surface area contributed by atoms with Crippen LogP contribution in [0.3, 0.4) is 0 Å². The van der Waals surface area contributed by atoms with Crippen molar-refractivity contribution in [2.75, 3.05) is 6.61 Å². The van der Waals surface area contributed by atoms with Crippen LogP contribution in [-0.4, -0.2) is 18.0 Å². The SMILES string of the molecule is CC1=CC[C@H](CCC(C)C=O)C1(C)C.CC1=CC[C@H](CCC(C)CO)C1(C)C. The van der Waals surface area contributed by atoms with E-state index in [2.05, 4.69) is 60.6 Å². The zero-order valence-electron chi connectivity index (χ0n) is 19.8. The Bertz CT molecular complexity index is 553. The Labute approximate surface area is 174 Å². The van der Waals surface area contributed by atoms with E-state index in [1.54, 1.807) is 5.57 Å². The highest BCUT2D eigenvalue weighted by molar-refractivity contribution is 5.52. The summed E-state index contributed by atoms with van der Waals surface area (Å²) < 4.78 is 0. The van der Waals surface area contributed by atoms with Crippen molar-refractivity contribution in [3.8, 4) is 0 Å². The first-order valence-corrected chi connectivity index (χ1v) is 11.4. The standard InChI is InChI=1S/C13H24O.C13H22O/c2*1-10(9-14)5-7-12-8-6-11(2)13(12,3)4/h6,10,12,14H,5,7-9H2,1-4H3;6,9-10,12H,5,7-8H2,1-4H3/t2*10?,12-/m00/s1. The molecule has 2 aliphatic rings. The van der Waals surface area contributed by atoms with Crippen molar-refractivity contribution in [1.82, 2.24) is 0 Å². The summed E-state index contributed by atoms with van der Waals surface area (Å²) >= 11 is 0. The summed E-state index contributed by atoms with van der Waals surface area (Å²) in [6, 6.07) is 0. The van der Waals surface area contributed by atoms with Gasteiger partial charge in [-0.2, -0.15) is 0 Å². The van der Waals surface area contributed by atoms with Gasteiger partial charge in [-0.25, -0.2) is 0 Å². The first kappa shape index (κ1) is 25.1. The molecule has 0 saturated heterocycles. The van der Waals surface area contributed by atoms with E-state index in [1.807, 2.05) is 6.92 Å². The summed E-state index contributed by atoms with van der Waals surface area (Å²) in [5, 5.41) is 8.98. The normalized spacial score (nSPS) is 27.3. The molecule has 4 atom stereocenters. The van der Waals surface area contributed by atoms with Crippen LogP contribution in [0, 0.1) is 34.5 Å². The van der Waals surface area contributed by atoms with Crippen molar-refractivity contribution >= 4 is 6.29 Å². The zero-order chi connectivity index (χ0) is 21.5. The molecule has 28 heavy (non-hydrogen) atoms. The molecule has 0 heterocycles. The molecule has 0 spiro atoms. The van der Waals surface area contributed by atoms with Crippen LogP contribution in [0.1, 0.15) is 93.9 Å². The van der Waals surface area contributed by atoms with Gasteiger partial charge in [0.1, 0.15) is 6.29 Å². The van der Waals surface area contributed by atoms with E-state index < -0.39 is 0 Å². The number of aldehydes is 1. The van der Waals surface area contributed by atoms with Crippen LogP contribution >= 0.6 is 0 Å². The maximum atomic E-state index is 10.5. The largest absolute Gasteiger partial charge is 0.396 e. The molecule has 0 saturated carbocycles. The van der Waals surface area contributed by atoms with Gasteiger partial charge in [0.25, 0.3) is 0 Å². The van der Waals surface area contributed by atoms with Crippen LogP contribution in [0.2, 0.25) is 0 Å². The van der Waals surface area contributed by atoms with Gasteiger partial charge in [0.05, 0.1) is 0 Å². The van der Waals surface area contributed by atoms with Crippen molar-refractivity contribution in [2.45, 2.75) is 93.9 Å². The van der Waals surface area contributed by atoms with Gasteiger partial charge in [0.2, 0.25) is 0 Å². The predicted octanol–water partition coefficient (Wildman–Crippen LogP) is 6.98. The number of carbonyl (C=O) groups is 1. The van der Waals surface area contributed by atoms with Crippen molar-refractivity contribution in [3.63, 3.8) is 0 Å². The molecular formula is C26H46O2. The summed E-state index contributed by atoms with van der Waals surface area (Å²) in [6.45, 7) is 18.3. The second-order valence-corrected chi connectivity index (χ2v) is 10.6. The van der Waals surface area contributed by atoms with Gasteiger partial charge in [0, 0.05) is 12.5 Å². The molecule has 0 radical (unpaired) electrons. The molecule has 2 aliphatic carbocycles. The third-order valence-electron chi connectivity index (χ3n) is 8.01. The van der Waals surface area contributed by atoms with Crippen LogP contribution in [-0.2, 0) is 4.79 Å². The highest BCUT2D eigenvalue weighted by atomic mass is 16.3. The van der Waals surface area contributed by atoms with E-state index in [-0.39, 0.29) is 5.92 Å². The average molecular weight is 391 g/mol. The minimum atomic E-state index is 0.228. The van der Waals surface area contributed by atoms with Gasteiger partial charge >= 0.3 is 0 Å². The van der Waals surface area contributed by atoms with E-state index in [1.165, 1.54) is 31.3 Å². The molecule has 0 fully saturated rings. The third kappa shape index (κ3) is 6.58.